The molecule has 0 saturated carbocycles. The number of hydrogen-bond acceptors (Lipinski definition) is 7. The van der Waals surface area contributed by atoms with Crippen molar-refractivity contribution in [1.29, 1.82) is 0 Å². The molecule has 1 aliphatic heterocycles. The Morgan fingerprint density at radius 3 is 1.83 bits per heavy atom. The lowest BCUT2D eigenvalue weighted by atomic mass is 9.73. The molecule has 0 radical (unpaired) electrons. The third-order valence-corrected chi connectivity index (χ3v) is 3.92. The normalized spacial score (nSPS) is 22.0. The molecule has 0 aromatic carbocycles. The highest BCUT2D eigenvalue weighted by molar-refractivity contribution is 6.15. The second-order valence-electron chi connectivity index (χ2n) is 5.74. The average molecular weight is 343 g/mol. The number of nitrogens with one attached hydrogen (secondary N) is 1. The molecule has 8 nitrogen and oxygen atoms in total. The molecule has 0 spiro atoms. The minimum Gasteiger partial charge on any atom is -0.465 e. The van der Waals surface area contributed by atoms with Crippen LogP contribution in [0.25, 0.3) is 0 Å². The summed E-state index contributed by atoms with van der Waals surface area (Å²) in [4.78, 5) is 49.8. The molecule has 0 aliphatic carbocycles. The minimum atomic E-state index is -2.05. The van der Waals surface area contributed by atoms with Crippen LogP contribution in [0.1, 0.15) is 34.6 Å². The van der Waals surface area contributed by atoms with Gasteiger partial charge in [0.05, 0.1) is 19.8 Å². The van der Waals surface area contributed by atoms with Crippen molar-refractivity contribution in [3.63, 3.8) is 0 Å². The highest BCUT2D eigenvalue weighted by atomic mass is 16.6. The second-order valence-corrected chi connectivity index (χ2v) is 5.74. The predicted octanol–water partition coefficient (Wildman–Crippen LogP) is 0.433. The molecular weight excluding hydrogens is 318 g/mol. The highest BCUT2D eigenvalue weighted by Gasteiger charge is 2.67. The Morgan fingerprint density at radius 2 is 1.46 bits per heavy atom. The lowest BCUT2D eigenvalue weighted by molar-refractivity contribution is -0.170. The SMILES string of the molecule is CCOC(=O)[C@@H]1C(=O)NC(C(=O)OCC)(C(=O)OCC)[C@@H]1C(C)C. The Labute approximate surface area is 141 Å². The van der Waals surface area contributed by atoms with Gasteiger partial charge < -0.3 is 19.5 Å². The molecule has 1 fully saturated rings. The molecule has 1 saturated heterocycles. The summed E-state index contributed by atoms with van der Waals surface area (Å²) in [6.45, 7) is 8.32. The van der Waals surface area contributed by atoms with Gasteiger partial charge in [0.1, 0.15) is 5.92 Å². The molecule has 8 heteroatoms. The summed E-state index contributed by atoms with van der Waals surface area (Å²) in [5.41, 5.74) is -2.05. The quantitative estimate of drug-likeness (QED) is 0.406. The number of ether oxygens (including phenoxy) is 3. The molecule has 1 N–H and O–H groups in total. The van der Waals surface area contributed by atoms with E-state index in [1.807, 2.05) is 0 Å². The van der Waals surface area contributed by atoms with Crippen molar-refractivity contribution in [3.8, 4) is 0 Å². The van der Waals surface area contributed by atoms with E-state index in [0.717, 1.165) is 0 Å². The van der Waals surface area contributed by atoms with Crippen molar-refractivity contribution >= 4 is 23.8 Å². The van der Waals surface area contributed by atoms with Crippen molar-refractivity contribution in [3.05, 3.63) is 0 Å². The lowest BCUT2D eigenvalue weighted by Crippen LogP contribution is -2.62. The summed E-state index contributed by atoms with van der Waals surface area (Å²) in [5.74, 6) is -5.99. The van der Waals surface area contributed by atoms with Gasteiger partial charge in [0.25, 0.3) is 0 Å². The van der Waals surface area contributed by atoms with Crippen LogP contribution in [0, 0.1) is 17.8 Å². The molecule has 0 bridgehead atoms. The topological polar surface area (TPSA) is 108 Å². The summed E-state index contributed by atoms with van der Waals surface area (Å²) in [6.07, 6.45) is 0. The maximum absolute atomic E-state index is 12.6. The molecule has 24 heavy (non-hydrogen) atoms. The van der Waals surface area contributed by atoms with E-state index in [4.69, 9.17) is 14.2 Å². The fraction of sp³-hybridized carbons (Fsp3) is 0.750. The molecule has 0 aromatic heterocycles. The molecule has 1 rings (SSSR count). The zero-order valence-corrected chi connectivity index (χ0v) is 14.7. The van der Waals surface area contributed by atoms with E-state index >= 15 is 0 Å². The monoisotopic (exact) mass is 343 g/mol. The molecular formula is C16H25NO7. The molecule has 1 amide bonds. The summed E-state index contributed by atoms with van der Waals surface area (Å²) >= 11 is 0. The van der Waals surface area contributed by atoms with E-state index in [1.165, 1.54) is 0 Å². The van der Waals surface area contributed by atoms with Gasteiger partial charge in [-0.15, -0.1) is 0 Å². The van der Waals surface area contributed by atoms with Gasteiger partial charge in [-0.1, -0.05) is 13.8 Å². The van der Waals surface area contributed by atoms with Gasteiger partial charge in [-0.05, 0) is 26.7 Å². The summed E-state index contributed by atoms with van der Waals surface area (Å²) in [6, 6.07) is 0. The van der Waals surface area contributed by atoms with Gasteiger partial charge >= 0.3 is 17.9 Å². The van der Waals surface area contributed by atoms with Gasteiger partial charge in [0.2, 0.25) is 11.4 Å². The van der Waals surface area contributed by atoms with Gasteiger partial charge in [0.15, 0.2) is 0 Å². The van der Waals surface area contributed by atoms with E-state index in [9.17, 15) is 19.2 Å². The summed E-state index contributed by atoms with van der Waals surface area (Å²) in [7, 11) is 0. The van der Waals surface area contributed by atoms with Crippen LogP contribution < -0.4 is 5.32 Å². The maximum Gasteiger partial charge on any atom is 0.344 e. The number of rotatable bonds is 7. The Morgan fingerprint density at radius 1 is 1.00 bits per heavy atom. The highest BCUT2D eigenvalue weighted by Crippen LogP contribution is 2.40. The molecule has 1 heterocycles. The number of carbonyl (C=O) groups excluding carboxylic acids is 4. The fourth-order valence-corrected chi connectivity index (χ4v) is 3.09. The van der Waals surface area contributed by atoms with Gasteiger partial charge in [-0.25, -0.2) is 9.59 Å². The fourth-order valence-electron chi connectivity index (χ4n) is 3.09. The minimum absolute atomic E-state index is 0.0186. The molecule has 1 aliphatic rings. The van der Waals surface area contributed by atoms with Crippen LogP contribution >= 0.6 is 0 Å². The van der Waals surface area contributed by atoms with E-state index in [0.29, 0.717) is 0 Å². The van der Waals surface area contributed by atoms with Crippen LogP contribution in [-0.2, 0) is 33.4 Å². The number of amides is 1. The first-order chi connectivity index (χ1) is 11.3. The molecule has 0 aromatic rings. The Hall–Kier alpha value is -2.12. The van der Waals surface area contributed by atoms with Crippen LogP contribution in [0.3, 0.4) is 0 Å². The average Bonchev–Trinajstić information content (AvgIpc) is 2.82. The van der Waals surface area contributed by atoms with Crippen molar-refractivity contribution in [2.75, 3.05) is 19.8 Å². The van der Waals surface area contributed by atoms with Crippen LogP contribution in [0.4, 0.5) is 0 Å². The summed E-state index contributed by atoms with van der Waals surface area (Å²) < 4.78 is 15.0. The third kappa shape index (κ3) is 3.37. The van der Waals surface area contributed by atoms with E-state index < -0.39 is 41.2 Å². The number of esters is 3. The first-order valence-electron chi connectivity index (χ1n) is 8.10. The van der Waals surface area contributed by atoms with Crippen LogP contribution in [0.5, 0.6) is 0 Å². The number of hydrogen-bond donors (Lipinski definition) is 1. The van der Waals surface area contributed by atoms with Gasteiger partial charge in [-0.3, -0.25) is 9.59 Å². The van der Waals surface area contributed by atoms with E-state index in [1.54, 1.807) is 34.6 Å². The van der Waals surface area contributed by atoms with Crippen molar-refractivity contribution in [2.24, 2.45) is 17.8 Å². The van der Waals surface area contributed by atoms with Crippen LogP contribution in [0.15, 0.2) is 0 Å². The van der Waals surface area contributed by atoms with Crippen LogP contribution in [0.2, 0.25) is 0 Å². The van der Waals surface area contributed by atoms with Crippen molar-refractivity contribution in [1.82, 2.24) is 5.32 Å². The Kier molecular flexibility index (Phi) is 6.74. The zero-order chi connectivity index (χ0) is 18.5. The van der Waals surface area contributed by atoms with Crippen molar-refractivity contribution in [2.45, 2.75) is 40.2 Å². The predicted molar refractivity (Wildman–Crippen MR) is 82.6 cm³/mol. The largest absolute Gasteiger partial charge is 0.465 e. The standard InChI is InChI=1S/C16H25NO7/c1-6-22-13(19)10-11(9(4)5)16(17-12(10)18,14(20)23-7-2)15(21)24-8-3/h9-11H,6-8H2,1-5H3,(H,17,18)/t10-,11+/m0/s1. The van der Waals surface area contributed by atoms with Gasteiger partial charge in [-0.2, -0.15) is 0 Å². The van der Waals surface area contributed by atoms with Gasteiger partial charge in [0, 0.05) is 5.92 Å². The zero-order valence-electron chi connectivity index (χ0n) is 14.7. The first-order valence-corrected chi connectivity index (χ1v) is 8.10. The summed E-state index contributed by atoms with van der Waals surface area (Å²) in [5, 5.41) is 2.37. The molecule has 0 unspecified atom stereocenters. The Bertz CT molecular complexity index is 497. The first kappa shape index (κ1) is 19.9. The van der Waals surface area contributed by atoms with E-state index in [2.05, 4.69) is 5.32 Å². The molecule has 2 atom stereocenters. The smallest absolute Gasteiger partial charge is 0.344 e. The lowest BCUT2D eigenvalue weighted by Gasteiger charge is -2.33. The van der Waals surface area contributed by atoms with E-state index in [-0.39, 0.29) is 25.7 Å². The number of carbonyl (C=O) groups is 4. The maximum atomic E-state index is 12.6. The Balaban J connectivity index is 3.44. The van der Waals surface area contributed by atoms with Crippen LogP contribution in [-0.4, -0.2) is 49.2 Å². The third-order valence-electron chi connectivity index (χ3n) is 3.92. The molecule has 136 valence electrons. The van der Waals surface area contributed by atoms with Crippen molar-refractivity contribution < 1.29 is 33.4 Å². The second kappa shape index (κ2) is 8.12.